The van der Waals surface area contributed by atoms with E-state index in [0.717, 1.165) is 18.2 Å². The monoisotopic (exact) mass is 671 g/mol. The normalized spacial score (nSPS) is 18.8. The summed E-state index contributed by atoms with van der Waals surface area (Å²) in [7, 11) is -1.69. The number of carbonyl (C=O) groups excluding carboxylic acids is 2. The molecular weight excluding hydrogens is 648 g/mol. The first-order valence-corrected chi connectivity index (χ1v) is 15.3. The number of ether oxygens (including phenoxy) is 3. The third-order valence-electron chi connectivity index (χ3n) is 7.65. The number of amides is 2. The summed E-state index contributed by atoms with van der Waals surface area (Å²) in [5, 5.41) is 4.58. The Hall–Kier alpha value is -4.51. The molecule has 10 nitrogen and oxygen atoms in total. The van der Waals surface area contributed by atoms with Crippen LogP contribution < -0.4 is 24.8 Å². The Morgan fingerprint density at radius 3 is 2.22 bits per heavy atom. The van der Waals surface area contributed by atoms with Crippen LogP contribution in [0.4, 0.5) is 37.7 Å². The molecule has 3 aliphatic heterocycles. The lowest BCUT2D eigenvalue weighted by molar-refractivity contribution is -0.286. The molecule has 3 aromatic rings. The molecule has 46 heavy (non-hydrogen) atoms. The van der Waals surface area contributed by atoms with Crippen LogP contribution in [0.2, 0.25) is 0 Å². The van der Waals surface area contributed by atoms with E-state index in [1.165, 1.54) is 19.2 Å². The van der Waals surface area contributed by atoms with Crippen LogP contribution in [0.1, 0.15) is 31.8 Å². The molecule has 3 aromatic carbocycles. The topological polar surface area (TPSA) is 123 Å². The molecule has 17 heteroatoms. The predicted molar refractivity (Wildman–Crippen MR) is 149 cm³/mol. The molecule has 0 atom stereocenters. The fourth-order valence-corrected chi connectivity index (χ4v) is 8.02. The molecule has 2 saturated heterocycles. The molecule has 244 valence electrons. The molecule has 2 N–H and O–H groups in total. The minimum Gasteiger partial charge on any atom is -0.496 e. The number of nitrogens with zero attached hydrogens (tertiary/aromatic N) is 1. The molecule has 0 radical (unpaired) electrons. The summed E-state index contributed by atoms with van der Waals surface area (Å²) in [5.74, 6) is -4.31. The lowest BCUT2D eigenvalue weighted by Gasteiger charge is -2.55. The van der Waals surface area contributed by atoms with Crippen molar-refractivity contribution in [3.05, 3.63) is 76.6 Å². The van der Waals surface area contributed by atoms with Gasteiger partial charge in [-0.1, -0.05) is 6.07 Å². The van der Waals surface area contributed by atoms with E-state index in [9.17, 15) is 44.3 Å². The largest absolute Gasteiger partial charge is 0.586 e. The third-order valence-corrected chi connectivity index (χ3v) is 9.75. The SMILES string of the molecule is COc1ccc(CN2CC3(C2)CS(=O)(=O)C3)cc1C(=O)Nc1cc2c(cc1C(=O)Nc1ccc(F)c(C(F)(F)F)c1)OC(F)(F)O2. The van der Waals surface area contributed by atoms with Gasteiger partial charge in [-0.15, -0.1) is 8.78 Å². The summed E-state index contributed by atoms with van der Waals surface area (Å²) in [6, 6.07) is 8.14. The highest BCUT2D eigenvalue weighted by atomic mass is 32.2. The molecule has 0 aromatic heterocycles. The summed E-state index contributed by atoms with van der Waals surface area (Å²) in [6.07, 6.45) is -9.18. The van der Waals surface area contributed by atoms with Gasteiger partial charge < -0.3 is 24.8 Å². The van der Waals surface area contributed by atoms with Crippen LogP contribution in [-0.4, -0.2) is 63.1 Å². The van der Waals surface area contributed by atoms with Crippen molar-refractivity contribution >= 4 is 33.0 Å². The van der Waals surface area contributed by atoms with Crippen LogP contribution >= 0.6 is 0 Å². The second-order valence-electron chi connectivity index (χ2n) is 11.3. The van der Waals surface area contributed by atoms with Crippen LogP contribution in [0.3, 0.4) is 0 Å². The van der Waals surface area contributed by atoms with Gasteiger partial charge in [-0.3, -0.25) is 14.5 Å². The number of carbonyl (C=O) groups is 2. The van der Waals surface area contributed by atoms with E-state index in [-0.39, 0.29) is 33.9 Å². The molecule has 2 fully saturated rings. The van der Waals surface area contributed by atoms with Crippen LogP contribution in [-0.2, 0) is 22.6 Å². The first kappa shape index (κ1) is 31.5. The fourth-order valence-electron chi connectivity index (χ4n) is 5.87. The van der Waals surface area contributed by atoms with Crippen molar-refractivity contribution in [3.8, 4) is 17.2 Å². The maximum atomic E-state index is 13.8. The summed E-state index contributed by atoms with van der Waals surface area (Å²) < 4.78 is 118. The van der Waals surface area contributed by atoms with Crippen molar-refractivity contribution in [2.24, 2.45) is 5.41 Å². The van der Waals surface area contributed by atoms with E-state index >= 15 is 0 Å². The minimum absolute atomic E-state index is 0.0100. The number of alkyl halides is 5. The van der Waals surface area contributed by atoms with Gasteiger partial charge in [0.25, 0.3) is 11.8 Å². The number of nitrogens with one attached hydrogen (secondary N) is 2. The number of methoxy groups -OCH3 is 1. The predicted octanol–water partition coefficient (Wildman–Crippen LogP) is 4.91. The number of sulfone groups is 1. The lowest BCUT2D eigenvalue weighted by atomic mass is 9.82. The smallest absolute Gasteiger partial charge is 0.496 e. The second kappa shape index (κ2) is 10.8. The molecule has 2 amide bonds. The number of rotatable bonds is 7. The second-order valence-corrected chi connectivity index (χ2v) is 13.4. The molecule has 3 aliphatic rings. The third kappa shape index (κ3) is 6.16. The molecule has 0 bridgehead atoms. The van der Waals surface area contributed by atoms with Crippen molar-refractivity contribution in [2.45, 2.75) is 19.0 Å². The van der Waals surface area contributed by atoms with E-state index < -0.39 is 68.3 Å². The van der Waals surface area contributed by atoms with Gasteiger partial charge in [-0.25, -0.2) is 12.8 Å². The van der Waals surface area contributed by atoms with Gasteiger partial charge in [-0.05, 0) is 42.0 Å². The van der Waals surface area contributed by atoms with Gasteiger partial charge >= 0.3 is 12.5 Å². The van der Waals surface area contributed by atoms with Crippen molar-refractivity contribution in [3.63, 3.8) is 0 Å². The van der Waals surface area contributed by atoms with Crippen LogP contribution in [0.5, 0.6) is 17.2 Å². The van der Waals surface area contributed by atoms with E-state index in [4.69, 9.17) is 4.74 Å². The van der Waals surface area contributed by atoms with Crippen molar-refractivity contribution < 1.29 is 58.6 Å². The number of hydrogen-bond donors (Lipinski definition) is 2. The Morgan fingerprint density at radius 2 is 1.59 bits per heavy atom. The first-order valence-electron chi connectivity index (χ1n) is 13.5. The Kier molecular flexibility index (Phi) is 7.38. The van der Waals surface area contributed by atoms with E-state index in [1.54, 1.807) is 6.07 Å². The van der Waals surface area contributed by atoms with Gasteiger partial charge in [0.05, 0.1) is 41.0 Å². The standard InChI is InChI=1S/C29H23F6N3O7S/c1-43-22-5-2-15(10-38-11-27(12-38)13-46(41,42)14-27)6-18(22)26(40)37-21-9-24-23(44-29(34,35)45-24)8-17(21)25(39)36-16-3-4-20(30)19(7-16)28(31,32)33/h2-9H,10-14H2,1H3,(H,36,39)(H,37,40). The zero-order valence-corrected chi connectivity index (χ0v) is 24.5. The van der Waals surface area contributed by atoms with Crippen LogP contribution in [0.25, 0.3) is 0 Å². The number of fused-ring (bicyclic) bond motifs is 1. The highest BCUT2D eigenvalue weighted by Gasteiger charge is 2.55. The fraction of sp³-hybridized carbons (Fsp3) is 0.310. The minimum atomic E-state index is -5.07. The van der Waals surface area contributed by atoms with Crippen LogP contribution in [0, 0.1) is 11.2 Å². The highest BCUT2D eigenvalue weighted by Crippen LogP contribution is 2.45. The van der Waals surface area contributed by atoms with Gasteiger partial charge in [0.15, 0.2) is 21.3 Å². The summed E-state index contributed by atoms with van der Waals surface area (Å²) in [6.45, 7) is 1.52. The number of hydrogen-bond acceptors (Lipinski definition) is 8. The van der Waals surface area contributed by atoms with Crippen molar-refractivity contribution in [1.82, 2.24) is 4.90 Å². The van der Waals surface area contributed by atoms with Crippen molar-refractivity contribution in [1.29, 1.82) is 0 Å². The Balaban J connectivity index is 1.26. The summed E-state index contributed by atoms with van der Waals surface area (Å²) >= 11 is 0. The molecule has 6 rings (SSSR count). The zero-order valence-electron chi connectivity index (χ0n) is 23.6. The quantitative estimate of drug-likeness (QED) is 0.340. The van der Waals surface area contributed by atoms with Gasteiger partial charge in [0.2, 0.25) is 0 Å². The molecule has 0 saturated carbocycles. The average Bonchev–Trinajstić information content (AvgIpc) is 3.23. The van der Waals surface area contributed by atoms with E-state index in [1.807, 2.05) is 4.90 Å². The number of benzene rings is 3. The maximum absolute atomic E-state index is 13.8. The Labute approximate surface area is 257 Å². The summed E-state index contributed by atoms with van der Waals surface area (Å²) in [5.41, 5.74) is -2.58. The highest BCUT2D eigenvalue weighted by molar-refractivity contribution is 7.92. The maximum Gasteiger partial charge on any atom is 0.586 e. The molecule has 3 heterocycles. The number of likely N-dealkylation sites (tertiary alicyclic amines) is 1. The average molecular weight is 672 g/mol. The first-order chi connectivity index (χ1) is 21.4. The Morgan fingerprint density at radius 1 is 0.935 bits per heavy atom. The van der Waals surface area contributed by atoms with Gasteiger partial charge in [0, 0.05) is 36.8 Å². The molecular formula is C29H23F6N3O7S. The lowest BCUT2D eigenvalue weighted by Crippen LogP contribution is -2.67. The van der Waals surface area contributed by atoms with Crippen LogP contribution in [0.15, 0.2) is 48.5 Å². The van der Waals surface area contributed by atoms with Crippen molar-refractivity contribution in [2.75, 3.05) is 42.3 Å². The zero-order chi connectivity index (χ0) is 33.2. The Bertz CT molecular complexity index is 1860. The number of anilines is 2. The molecule has 0 aliphatic carbocycles. The van der Waals surface area contributed by atoms with E-state index in [2.05, 4.69) is 20.1 Å². The van der Waals surface area contributed by atoms with E-state index in [0.29, 0.717) is 37.3 Å². The number of halogens is 6. The van der Waals surface area contributed by atoms with Gasteiger partial charge in [0.1, 0.15) is 11.6 Å². The summed E-state index contributed by atoms with van der Waals surface area (Å²) in [4.78, 5) is 28.8. The molecule has 0 unspecified atom stereocenters. The molecule has 1 spiro atoms. The van der Waals surface area contributed by atoms with Gasteiger partial charge in [-0.2, -0.15) is 13.2 Å².